The number of amides is 1. The zero-order valence-electron chi connectivity index (χ0n) is 14.8. The Morgan fingerprint density at radius 2 is 1.89 bits per heavy atom. The van der Waals surface area contributed by atoms with Crippen molar-refractivity contribution in [3.8, 4) is 0 Å². The van der Waals surface area contributed by atoms with Gasteiger partial charge in [-0.15, -0.1) is 23.1 Å². The molecule has 0 saturated carbocycles. The second kappa shape index (κ2) is 8.50. The number of carbonyl (C=O) groups is 2. The van der Waals surface area contributed by atoms with Gasteiger partial charge in [-0.25, -0.2) is 0 Å². The van der Waals surface area contributed by atoms with E-state index in [1.165, 1.54) is 16.6 Å². The predicted molar refractivity (Wildman–Crippen MR) is 114 cm³/mol. The van der Waals surface area contributed by atoms with Crippen LogP contribution in [0.4, 0.5) is 5.69 Å². The van der Waals surface area contributed by atoms with E-state index in [1.807, 2.05) is 53.9 Å². The van der Waals surface area contributed by atoms with Crippen LogP contribution in [0.3, 0.4) is 0 Å². The topological polar surface area (TPSA) is 68.5 Å². The monoisotopic (exact) mass is 411 g/mol. The summed E-state index contributed by atoms with van der Waals surface area (Å²) in [5.41, 5.74) is 2.19. The largest absolute Gasteiger partial charge is 0.456 e. The number of fused-ring (bicyclic) bond motifs is 3. The van der Waals surface area contributed by atoms with Crippen LogP contribution in [0.1, 0.15) is 4.88 Å². The molecule has 1 N–H and O–H groups in total. The van der Waals surface area contributed by atoms with Crippen LogP contribution in [0.15, 0.2) is 64.4 Å². The third-order valence-electron chi connectivity index (χ3n) is 4.07. The number of nitrogens with one attached hydrogen (secondary N) is 1. The molecule has 0 aliphatic carbocycles. The van der Waals surface area contributed by atoms with Gasteiger partial charge in [0.25, 0.3) is 5.91 Å². The Hall–Kier alpha value is -2.77. The van der Waals surface area contributed by atoms with E-state index >= 15 is 0 Å². The number of furan rings is 1. The summed E-state index contributed by atoms with van der Waals surface area (Å²) in [4.78, 5) is 25.1. The molecule has 4 rings (SSSR count). The highest BCUT2D eigenvalue weighted by Gasteiger charge is 2.11. The third kappa shape index (κ3) is 4.37. The van der Waals surface area contributed by atoms with Crippen molar-refractivity contribution in [3.05, 3.63) is 64.9 Å². The molecule has 2 aromatic carbocycles. The molecule has 2 aromatic heterocycles. The molecule has 5 nitrogen and oxygen atoms in total. The molecule has 0 fully saturated rings. The molecule has 0 unspecified atom stereocenters. The molecule has 4 aromatic rings. The zero-order valence-corrected chi connectivity index (χ0v) is 16.5. The summed E-state index contributed by atoms with van der Waals surface area (Å²) >= 11 is 3.12. The van der Waals surface area contributed by atoms with Gasteiger partial charge in [0.15, 0.2) is 6.61 Å². The highest BCUT2D eigenvalue weighted by molar-refractivity contribution is 7.99. The number of hydrogen-bond donors (Lipinski definition) is 1. The summed E-state index contributed by atoms with van der Waals surface area (Å²) in [6.07, 6.45) is 0. The van der Waals surface area contributed by atoms with Gasteiger partial charge in [-0.3, -0.25) is 9.59 Å². The Morgan fingerprint density at radius 1 is 1.04 bits per heavy atom. The number of esters is 1. The van der Waals surface area contributed by atoms with Crippen LogP contribution in [0.25, 0.3) is 21.9 Å². The molecule has 1 amide bonds. The van der Waals surface area contributed by atoms with E-state index in [0.29, 0.717) is 5.69 Å². The maximum Gasteiger partial charge on any atom is 0.316 e. The predicted octanol–water partition coefficient (Wildman–Crippen LogP) is 5.06. The first-order valence-electron chi connectivity index (χ1n) is 8.66. The molecular weight excluding hydrogens is 394 g/mol. The Labute approximate surface area is 169 Å². The van der Waals surface area contributed by atoms with Gasteiger partial charge >= 0.3 is 5.97 Å². The fourth-order valence-electron chi connectivity index (χ4n) is 2.82. The maximum atomic E-state index is 12.1. The van der Waals surface area contributed by atoms with E-state index in [0.717, 1.165) is 27.7 Å². The molecule has 2 heterocycles. The number of rotatable bonds is 7. The van der Waals surface area contributed by atoms with Crippen LogP contribution in [-0.2, 0) is 20.1 Å². The number of thioether (sulfide) groups is 1. The lowest BCUT2D eigenvalue weighted by Gasteiger charge is -2.06. The molecule has 28 heavy (non-hydrogen) atoms. The first-order valence-corrected chi connectivity index (χ1v) is 10.7. The lowest BCUT2D eigenvalue weighted by atomic mass is 10.1. The number of para-hydroxylation sites is 1. The SMILES string of the molecule is O=C(COC(=O)CSCc1cccs1)Nc1ccc2oc3ccccc3c2c1. The van der Waals surface area contributed by atoms with Gasteiger partial charge in [0.2, 0.25) is 0 Å². The summed E-state index contributed by atoms with van der Waals surface area (Å²) in [6, 6.07) is 17.2. The molecule has 0 aliphatic heterocycles. The van der Waals surface area contributed by atoms with Crippen LogP contribution in [0.5, 0.6) is 0 Å². The van der Waals surface area contributed by atoms with Gasteiger partial charge in [0.1, 0.15) is 11.2 Å². The molecule has 7 heteroatoms. The minimum atomic E-state index is -0.395. The fourth-order valence-corrected chi connectivity index (χ4v) is 4.48. The molecule has 0 atom stereocenters. The Kier molecular flexibility index (Phi) is 5.64. The van der Waals surface area contributed by atoms with Crippen molar-refractivity contribution in [1.82, 2.24) is 0 Å². The van der Waals surface area contributed by atoms with Gasteiger partial charge in [-0.2, -0.15) is 0 Å². The lowest BCUT2D eigenvalue weighted by molar-refractivity contribution is -0.144. The fraction of sp³-hybridized carbons (Fsp3) is 0.143. The quantitative estimate of drug-likeness (QED) is 0.430. The van der Waals surface area contributed by atoms with Crippen LogP contribution in [0.2, 0.25) is 0 Å². The number of thiophene rings is 1. The van der Waals surface area contributed by atoms with Crippen LogP contribution < -0.4 is 5.32 Å². The van der Waals surface area contributed by atoms with E-state index in [1.54, 1.807) is 17.4 Å². The average Bonchev–Trinajstić information content (AvgIpc) is 3.34. The number of hydrogen-bond acceptors (Lipinski definition) is 6. The normalized spacial score (nSPS) is 11.0. The Bertz CT molecular complexity index is 1120. The van der Waals surface area contributed by atoms with Crippen molar-refractivity contribution in [1.29, 1.82) is 0 Å². The Balaban J connectivity index is 1.29. The highest BCUT2D eigenvalue weighted by atomic mass is 32.2. The summed E-state index contributed by atoms with van der Waals surface area (Å²) in [5, 5.41) is 6.68. The minimum absolute atomic E-state index is 0.220. The van der Waals surface area contributed by atoms with E-state index in [2.05, 4.69) is 5.32 Å². The van der Waals surface area contributed by atoms with Crippen molar-refractivity contribution >= 4 is 62.6 Å². The second-order valence-electron chi connectivity index (χ2n) is 6.09. The Morgan fingerprint density at radius 3 is 2.75 bits per heavy atom. The average molecular weight is 412 g/mol. The van der Waals surface area contributed by atoms with Crippen molar-refractivity contribution < 1.29 is 18.7 Å². The summed E-state index contributed by atoms with van der Waals surface area (Å²) in [7, 11) is 0. The first-order chi connectivity index (χ1) is 13.7. The standard InChI is InChI=1S/C21H17NO4S2/c23-20(11-25-21(24)13-27-12-15-4-3-9-28-15)22-14-7-8-19-17(10-14)16-5-1-2-6-18(16)26-19/h1-10H,11-13H2,(H,22,23). The number of ether oxygens (including phenoxy) is 1. The second-order valence-corrected chi connectivity index (χ2v) is 8.11. The molecule has 0 saturated heterocycles. The third-order valence-corrected chi connectivity index (χ3v) is 6.08. The van der Waals surface area contributed by atoms with E-state index < -0.39 is 5.97 Å². The smallest absolute Gasteiger partial charge is 0.316 e. The molecular formula is C21H17NO4S2. The van der Waals surface area contributed by atoms with Gasteiger partial charge in [0.05, 0.1) is 5.75 Å². The summed E-state index contributed by atoms with van der Waals surface area (Å²) in [6.45, 7) is -0.303. The van der Waals surface area contributed by atoms with Crippen molar-refractivity contribution in [2.24, 2.45) is 0 Å². The number of carbonyl (C=O) groups excluding carboxylic acids is 2. The van der Waals surface area contributed by atoms with Crippen molar-refractivity contribution in [2.75, 3.05) is 17.7 Å². The van der Waals surface area contributed by atoms with E-state index in [9.17, 15) is 9.59 Å². The van der Waals surface area contributed by atoms with Gasteiger partial charge < -0.3 is 14.5 Å². The molecule has 0 radical (unpaired) electrons. The lowest BCUT2D eigenvalue weighted by Crippen LogP contribution is -2.21. The van der Waals surface area contributed by atoms with E-state index in [-0.39, 0.29) is 18.3 Å². The number of benzene rings is 2. The molecule has 0 spiro atoms. The zero-order chi connectivity index (χ0) is 19.3. The van der Waals surface area contributed by atoms with E-state index in [4.69, 9.17) is 9.15 Å². The highest BCUT2D eigenvalue weighted by Crippen LogP contribution is 2.30. The van der Waals surface area contributed by atoms with Crippen LogP contribution >= 0.6 is 23.1 Å². The van der Waals surface area contributed by atoms with Crippen molar-refractivity contribution in [2.45, 2.75) is 5.75 Å². The number of anilines is 1. The van der Waals surface area contributed by atoms with Gasteiger partial charge in [-0.05, 0) is 35.7 Å². The molecule has 0 bridgehead atoms. The summed E-state index contributed by atoms with van der Waals surface area (Å²) < 4.78 is 10.8. The van der Waals surface area contributed by atoms with Crippen molar-refractivity contribution in [3.63, 3.8) is 0 Å². The van der Waals surface area contributed by atoms with Crippen LogP contribution in [-0.4, -0.2) is 24.2 Å². The molecule has 0 aliphatic rings. The van der Waals surface area contributed by atoms with Crippen LogP contribution in [0, 0.1) is 0 Å². The summed E-state index contributed by atoms with van der Waals surface area (Å²) in [5.74, 6) is 0.215. The first kappa shape index (κ1) is 18.6. The van der Waals surface area contributed by atoms with Gasteiger partial charge in [-0.1, -0.05) is 24.3 Å². The molecule has 142 valence electrons. The minimum Gasteiger partial charge on any atom is -0.456 e. The maximum absolute atomic E-state index is 12.1. The van der Waals surface area contributed by atoms with Gasteiger partial charge in [0, 0.05) is 27.1 Å².